The number of hydrogen-bond acceptors (Lipinski definition) is 4. The molecule has 7 heteroatoms. The van der Waals surface area contributed by atoms with E-state index in [9.17, 15) is 9.59 Å². The Balaban J connectivity index is 1.91. The number of anilines is 1. The number of ether oxygens (including phenoxy) is 1. The van der Waals surface area contributed by atoms with Gasteiger partial charge in [-0.1, -0.05) is 19.9 Å². The Hall–Kier alpha value is -2.93. The first-order chi connectivity index (χ1) is 14.5. The van der Waals surface area contributed by atoms with Crippen molar-refractivity contribution in [3.8, 4) is 5.75 Å². The smallest absolute Gasteiger partial charge is 0.257 e. The van der Waals surface area contributed by atoms with Crippen molar-refractivity contribution < 1.29 is 14.3 Å². The molecule has 0 unspecified atom stereocenters. The van der Waals surface area contributed by atoms with Crippen molar-refractivity contribution in [3.63, 3.8) is 0 Å². The molecule has 31 heavy (non-hydrogen) atoms. The zero-order valence-electron chi connectivity index (χ0n) is 18.7. The minimum atomic E-state index is -0.335. The summed E-state index contributed by atoms with van der Waals surface area (Å²) in [5, 5.41) is 8.66. The van der Waals surface area contributed by atoms with Crippen LogP contribution in [-0.4, -0.2) is 29.1 Å². The molecule has 0 aliphatic carbocycles. The summed E-state index contributed by atoms with van der Waals surface area (Å²) >= 11 is 5.25. The van der Waals surface area contributed by atoms with Gasteiger partial charge >= 0.3 is 0 Å². The Bertz CT molecular complexity index is 918. The van der Waals surface area contributed by atoms with E-state index >= 15 is 0 Å². The fourth-order valence-corrected chi connectivity index (χ4v) is 2.81. The predicted octanol–water partition coefficient (Wildman–Crippen LogP) is 4.77. The van der Waals surface area contributed by atoms with Gasteiger partial charge in [0.25, 0.3) is 11.8 Å². The highest BCUT2D eigenvalue weighted by atomic mass is 32.1. The van der Waals surface area contributed by atoms with Crippen molar-refractivity contribution in [2.45, 2.75) is 46.6 Å². The molecule has 0 saturated heterocycles. The van der Waals surface area contributed by atoms with E-state index in [1.165, 1.54) is 0 Å². The van der Waals surface area contributed by atoms with Gasteiger partial charge in [-0.15, -0.1) is 0 Å². The predicted molar refractivity (Wildman–Crippen MR) is 129 cm³/mol. The van der Waals surface area contributed by atoms with E-state index in [2.05, 4.69) is 29.8 Å². The van der Waals surface area contributed by atoms with E-state index in [4.69, 9.17) is 17.0 Å². The lowest BCUT2D eigenvalue weighted by atomic mass is 10.1. The monoisotopic (exact) mass is 441 g/mol. The summed E-state index contributed by atoms with van der Waals surface area (Å²) in [5.41, 5.74) is 1.25. The van der Waals surface area contributed by atoms with Gasteiger partial charge in [0.05, 0.1) is 6.61 Å². The maximum absolute atomic E-state index is 12.4. The van der Waals surface area contributed by atoms with Crippen LogP contribution in [0.25, 0.3) is 0 Å². The van der Waals surface area contributed by atoms with E-state index in [1.54, 1.807) is 48.5 Å². The topological polar surface area (TPSA) is 79.5 Å². The molecular weight excluding hydrogens is 410 g/mol. The van der Waals surface area contributed by atoms with Crippen LogP contribution in [0.4, 0.5) is 5.69 Å². The second-order valence-corrected chi connectivity index (χ2v) is 9.16. The summed E-state index contributed by atoms with van der Waals surface area (Å²) in [6.45, 7) is 10.7. The molecule has 2 rings (SSSR count). The number of rotatable bonds is 7. The van der Waals surface area contributed by atoms with Gasteiger partial charge in [0.2, 0.25) is 0 Å². The van der Waals surface area contributed by atoms with Crippen LogP contribution in [0.15, 0.2) is 48.5 Å². The summed E-state index contributed by atoms with van der Waals surface area (Å²) in [4.78, 5) is 24.8. The number of hydrogen-bond donors (Lipinski definition) is 3. The third-order valence-corrected chi connectivity index (χ3v) is 4.38. The van der Waals surface area contributed by atoms with Gasteiger partial charge in [-0.2, -0.15) is 0 Å². The Morgan fingerprint density at radius 3 is 2.29 bits per heavy atom. The first-order valence-corrected chi connectivity index (χ1v) is 10.7. The average molecular weight is 442 g/mol. The van der Waals surface area contributed by atoms with Gasteiger partial charge < -0.3 is 15.4 Å². The van der Waals surface area contributed by atoms with Crippen molar-refractivity contribution in [2.75, 3.05) is 11.9 Å². The largest absolute Gasteiger partial charge is 0.494 e. The molecule has 0 atom stereocenters. The van der Waals surface area contributed by atoms with Gasteiger partial charge in [-0.05, 0) is 87.8 Å². The fourth-order valence-electron chi connectivity index (χ4n) is 2.60. The maximum Gasteiger partial charge on any atom is 0.257 e. The zero-order valence-corrected chi connectivity index (χ0v) is 19.6. The molecule has 6 nitrogen and oxygen atoms in total. The molecule has 2 aromatic carbocycles. The highest BCUT2D eigenvalue weighted by Gasteiger charge is 2.16. The van der Waals surface area contributed by atoms with Gasteiger partial charge in [-0.3, -0.25) is 14.9 Å². The van der Waals surface area contributed by atoms with Gasteiger partial charge in [-0.25, -0.2) is 0 Å². The van der Waals surface area contributed by atoms with Gasteiger partial charge in [0.15, 0.2) is 5.11 Å². The van der Waals surface area contributed by atoms with Crippen LogP contribution in [-0.2, 0) is 0 Å². The normalized spacial score (nSPS) is 11.0. The quantitative estimate of drug-likeness (QED) is 0.540. The lowest BCUT2D eigenvalue weighted by molar-refractivity contribution is 0.0918. The van der Waals surface area contributed by atoms with Crippen molar-refractivity contribution in [2.24, 2.45) is 5.92 Å². The Morgan fingerprint density at radius 2 is 1.68 bits per heavy atom. The SMILES string of the molecule is CC(C)CCOc1ccc(C(=O)NC(=S)Nc2cccc(C(=O)NC(C)(C)C)c2)cc1. The Kier molecular flexibility index (Phi) is 8.56. The van der Waals surface area contributed by atoms with E-state index in [-0.39, 0.29) is 22.5 Å². The summed E-state index contributed by atoms with van der Waals surface area (Å²) in [6, 6.07) is 13.9. The molecule has 0 bridgehead atoms. The van der Waals surface area contributed by atoms with E-state index in [0.717, 1.165) is 12.2 Å². The van der Waals surface area contributed by atoms with Crippen molar-refractivity contribution in [3.05, 3.63) is 59.7 Å². The standard InChI is InChI=1S/C24H31N3O3S/c1-16(2)13-14-30-20-11-9-17(10-12-20)21(28)26-23(31)25-19-8-6-7-18(15-19)22(29)27-24(3,4)5/h6-12,15-16H,13-14H2,1-5H3,(H,27,29)(H2,25,26,28,31). The van der Waals surface area contributed by atoms with Crippen molar-refractivity contribution in [1.29, 1.82) is 0 Å². The molecule has 0 aromatic heterocycles. The summed E-state index contributed by atoms with van der Waals surface area (Å²) in [5.74, 6) is 0.796. The van der Waals surface area contributed by atoms with Crippen LogP contribution < -0.4 is 20.7 Å². The number of carbonyl (C=O) groups is 2. The highest BCUT2D eigenvalue weighted by Crippen LogP contribution is 2.14. The van der Waals surface area contributed by atoms with Crippen molar-refractivity contribution in [1.82, 2.24) is 10.6 Å². The van der Waals surface area contributed by atoms with Gasteiger partial charge in [0.1, 0.15) is 5.75 Å². The number of benzene rings is 2. The average Bonchev–Trinajstić information content (AvgIpc) is 2.67. The second-order valence-electron chi connectivity index (χ2n) is 8.75. The van der Waals surface area contributed by atoms with Gasteiger partial charge in [0, 0.05) is 22.4 Å². The van der Waals surface area contributed by atoms with Crippen LogP contribution in [0.5, 0.6) is 5.75 Å². The number of carbonyl (C=O) groups excluding carboxylic acids is 2. The fraction of sp³-hybridized carbons (Fsp3) is 0.375. The first-order valence-electron chi connectivity index (χ1n) is 10.3. The van der Waals surface area contributed by atoms with Crippen LogP contribution in [0.1, 0.15) is 61.8 Å². The molecular formula is C24H31N3O3S. The minimum Gasteiger partial charge on any atom is -0.494 e. The molecule has 0 aliphatic heterocycles. The third kappa shape index (κ3) is 8.76. The summed E-state index contributed by atoms with van der Waals surface area (Å²) in [6.07, 6.45) is 0.973. The van der Waals surface area contributed by atoms with Crippen LogP contribution >= 0.6 is 12.2 Å². The number of nitrogens with one attached hydrogen (secondary N) is 3. The summed E-state index contributed by atoms with van der Waals surface area (Å²) < 4.78 is 5.67. The van der Waals surface area contributed by atoms with Crippen LogP contribution in [0.3, 0.4) is 0 Å². The third-order valence-electron chi connectivity index (χ3n) is 4.18. The van der Waals surface area contributed by atoms with E-state index < -0.39 is 0 Å². The molecule has 0 fully saturated rings. The Morgan fingerprint density at radius 1 is 1.00 bits per heavy atom. The number of amides is 2. The summed E-state index contributed by atoms with van der Waals surface area (Å²) in [7, 11) is 0. The number of thiocarbonyl (C=S) groups is 1. The highest BCUT2D eigenvalue weighted by molar-refractivity contribution is 7.80. The minimum absolute atomic E-state index is 0.149. The second kappa shape index (κ2) is 10.9. The zero-order chi connectivity index (χ0) is 23.0. The molecule has 0 aliphatic rings. The molecule has 2 amide bonds. The van der Waals surface area contributed by atoms with E-state index in [1.807, 2.05) is 20.8 Å². The molecule has 0 radical (unpaired) electrons. The Labute approximate surface area is 189 Å². The lowest BCUT2D eigenvalue weighted by Crippen LogP contribution is -2.40. The van der Waals surface area contributed by atoms with E-state index in [0.29, 0.717) is 29.3 Å². The maximum atomic E-state index is 12.4. The molecule has 2 aromatic rings. The van der Waals surface area contributed by atoms with Crippen molar-refractivity contribution >= 4 is 34.8 Å². The first kappa shape index (κ1) is 24.3. The van der Waals surface area contributed by atoms with Crippen LogP contribution in [0.2, 0.25) is 0 Å². The van der Waals surface area contributed by atoms with Crippen LogP contribution in [0, 0.1) is 5.92 Å². The molecule has 3 N–H and O–H groups in total. The molecule has 166 valence electrons. The molecule has 0 heterocycles. The molecule has 0 saturated carbocycles. The lowest BCUT2D eigenvalue weighted by Gasteiger charge is -2.20. The molecule has 0 spiro atoms.